The number of amides is 1. The molecule has 1 heterocycles. The summed E-state index contributed by atoms with van der Waals surface area (Å²) in [6.07, 6.45) is 0. The summed E-state index contributed by atoms with van der Waals surface area (Å²) in [5, 5.41) is 1.95. The molecular weight excluding hydrogens is 327 g/mol. The van der Waals surface area contributed by atoms with E-state index >= 15 is 0 Å². The van der Waals surface area contributed by atoms with Gasteiger partial charge in [0.05, 0.1) is 17.1 Å². The molecule has 2 aromatic rings. The van der Waals surface area contributed by atoms with Crippen LogP contribution in [0.4, 0.5) is 11.4 Å². The highest BCUT2D eigenvalue weighted by molar-refractivity contribution is 8.15. The lowest BCUT2D eigenvalue weighted by Crippen LogP contribution is -2.28. The van der Waals surface area contributed by atoms with Crippen molar-refractivity contribution in [2.24, 2.45) is 4.99 Å². The maximum Gasteiger partial charge on any atom is 0.243 e. The minimum absolute atomic E-state index is 0.00929. The van der Waals surface area contributed by atoms with Gasteiger partial charge in [0.25, 0.3) is 0 Å². The van der Waals surface area contributed by atoms with E-state index in [-0.39, 0.29) is 5.91 Å². The second-order valence-corrected chi connectivity index (χ2v) is 6.18. The molecule has 0 N–H and O–H groups in total. The topological polar surface area (TPSA) is 32.7 Å². The van der Waals surface area contributed by atoms with Crippen molar-refractivity contribution in [2.75, 3.05) is 10.7 Å². The van der Waals surface area contributed by atoms with E-state index in [1.807, 2.05) is 24.3 Å². The Kier molecular flexibility index (Phi) is 4.19. The summed E-state index contributed by atoms with van der Waals surface area (Å²) in [7, 11) is 0. The van der Waals surface area contributed by atoms with Gasteiger partial charge in [-0.1, -0.05) is 35.0 Å². The molecule has 2 aromatic carbocycles. The van der Waals surface area contributed by atoms with Crippen LogP contribution in [0, 0.1) is 0 Å². The molecule has 0 aromatic heterocycles. The molecule has 0 spiro atoms. The van der Waals surface area contributed by atoms with Crippen molar-refractivity contribution in [1.29, 1.82) is 0 Å². The van der Waals surface area contributed by atoms with Gasteiger partial charge in [-0.15, -0.1) is 0 Å². The highest BCUT2D eigenvalue weighted by atomic mass is 35.5. The first-order valence-corrected chi connectivity index (χ1v) is 7.93. The van der Waals surface area contributed by atoms with Crippen LogP contribution in [0.2, 0.25) is 10.0 Å². The number of thioether (sulfide) groups is 1. The molecule has 0 unspecified atom stereocenters. The van der Waals surface area contributed by atoms with E-state index in [2.05, 4.69) is 4.99 Å². The van der Waals surface area contributed by atoms with Gasteiger partial charge in [-0.05, 0) is 48.5 Å². The molecule has 0 radical (unpaired) electrons. The van der Waals surface area contributed by atoms with Crippen molar-refractivity contribution in [1.82, 2.24) is 0 Å². The fraction of sp³-hybridized carbons (Fsp3) is 0.0667. The highest BCUT2D eigenvalue weighted by Gasteiger charge is 2.29. The van der Waals surface area contributed by atoms with Gasteiger partial charge < -0.3 is 0 Å². The van der Waals surface area contributed by atoms with Crippen LogP contribution in [0.5, 0.6) is 0 Å². The summed E-state index contributed by atoms with van der Waals surface area (Å²) in [4.78, 5) is 18.2. The molecule has 1 saturated heterocycles. The maximum absolute atomic E-state index is 12.1. The second kappa shape index (κ2) is 6.10. The van der Waals surface area contributed by atoms with Gasteiger partial charge in [0, 0.05) is 10.0 Å². The van der Waals surface area contributed by atoms with Crippen LogP contribution in [0.15, 0.2) is 53.5 Å². The summed E-state index contributed by atoms with van der Waals surface area (Å²) in [6, 6.07) is 14.3. The molecule has 1 fully saturated rings. The van der Waals surface area contributed by atoms with Crippen molar-refractivity contribution in [2.45, 2.75) is 0 Å². The number of rotatable bonds is 2. The Labute approximate surface area is 136 Å². The smallest absolute Gasteiger partial charge is 0.243 e. The van der Waals surface area contributed by atoms with E-state index in [9.17, 15) is 4.79 Å². The Balaban J connectivity index is 1.95. The third kappa shape index (κ3) is 3.23. The first kappa shape index (κ1) is 14.4. The lowest BCUT2D eigenvalue weighted by Gasteiger charge is -2.16. The van der Waals surface area contributed by atoms with Crippen molar-refractivity contribution < 1.29 is 4.79 Å². The number of nitrogens with zero attached hydrogens (tertiary/aromatic N) is 2. The van der Waals surface area contributed by atoms with Gasteiger partial charge in [0.2, 0.25) is 5.91 Å². The Morgan fingerprint density at radius 2 is 1.52 bits per heavy atom. The number of hydrogen-bond donors (Lipinski definition) is 0. The number of aliphatic imine (C=N–C) groups is 1. The van der Waals surface area contributed by atoms with Crippen molar-refractivity contribution >= 4 is 57.4 Å². The van der Waals surface area contributed by atoms with Gasteiger partial charge >= 0.3 is 0 Å². The van der Waals surface area contributed by atoms with Crippen LogP contribution in [-0.4, -0.2) is 16.8 Å². The third-order valence-corrected chi connectivity index (χ3v) is 4.33. The third-order valence-electron chi connectivity index (χ3n) is 2.90. The van der Waals surface area contributed by atoms with Crippen LogP contribution in [-0.2, 0) is 4.79 Å². The quantitative estimate of drug-likeness (QED) is 0.791. The molecule has 1 aliphatic rings. The zero-order valence-electron chi connectivity index (χ0n) is 10.8. The zero-order chi connectivity index (χ0) is 14.8. The molecule has 1 aliphatic heterocycles. The average molecular weight is 337 g/mol. The summed E-state index contributed by atoms with van der Waals surface area (Å²) in [6.45, 7) is 0. The lowest BCUT2D eigenvalue weighted by molar-refractivity contribution is -0.115. The average Bonchev–Trinajstić information content (AvgIpc) is 2.83. The van der Waals surface area contributed by atoms with Gasteiger partial charge in [-0.2, -0.15) is 0 Å². The van der Waals surface area contributed by atoms with Gasteiger partial charge in [0.1, 0.15) is 0 Å². The molecule has 6 heteroatoms. The predicted molar refractivity (Wildman–Crippen MR) is 89.9 cm³/mol. The second-order valence-electron chi connectivity index (χ2n) is 4.37. The fourth-order valence-corrected chi connectivity index (χ4v) is 3.05. The van der Waals surface area contributed by atoms with E-state index in [0.29, 0.717) is 21.0 Å². The van der Waals surface area contributed by atoms with Crippen molar-refractivity contribution in [3.05, 3.63) is 58.6 Å². The van der Waals surface area contributed by atoms with Crippen LogP contribution < -0.4 is 4.90 Å². The summed E-state index contributed by atoms with van der Waals surface area (Å²) in [5.74, 6) is 0.393. The van der Waals surface area contributed by atoms with Gasteiger partial charge in [-0.25, -0.2) is 4.99 Å². The molecule has 21 heavy (non-hydrogen) atoms. The summed E-state index contributed by atoms with van der Waals surface area (Å²) in [5.41, 5.74) is 1.53. The van der Waals surface area contributed by atoms with Gasteiger partial charge in [-0.3, -0.25) is 9.69 Å². The molecule has 1 amide bonds. The van der Waals surface area contributed by atoms with E-state index < -0.39 is 0 Å². The fourth-order valence-electron chi connectivity index (χ4n) is 1.91. The molecule has 0 aliphatic carbocycles. The molecule has 106 valence electrons. The predicted octanol–water partition coefficient (Wildman–Crippen LogP) is 4.76. The van der Waals surface area contributed by atoms with Crippen LogP contribution in [0.3, 0.4) is 0 Å². The normalized spacial score (nSPS) is 16.8. The molecule has 3 nitrogen and oxygen atoms in total. The number of amidine groups is 1. The number of hydrogen-bond acceptors (Lipinski definition) is 3. The van der Waals surface area contributed by atoms with Crippen molar-refractivity contribution in [3.63, 3.8) is 0 Å². The largest absolute Gasteiger partial charge is 0.273 e. The Morgan fingerprint density at radius 1 is 0.952 bits per heavy atom. The minimum atomic E-state index is 0.00929. The Morgan fingerprint density at radius 3 is 2.14 bits per heavy atom. The lowest BCUT2D eigenvalue weighted by atomic mass is 10.3. The monoisotopic (exact) mass is 336 g/mol. The van der Waals surface area contributed by atoms with Gasteiger partial charge in [0.15, 0.2) is 5.17 Å². The molecule has 0 atom stereocenters. The van der Waals surface area contributed by atoms with E-state index in [0.717, 1.165) is 11.4 Å². The standard InChI is InChI=1S/C15H10Cl2N2OS/c16-10-1-5-12(6-2-10)18-15-19(14(20)9-21-15)13-7-3-11(17)4-8-13/h1-8H,9H2. The van der Waals surface area contributed by atoms with Crippen LogP contribution in [0.25, 0.3) is 0 Å². The summed E-state index contributed by atoms with van der Waals surface area (Å²) >= 11 is 13.2. The van der Waals surface area contributed by atoms with Crippen LogP contribution >= 0.6 is 35.0 Å². The first-order valence-electron chi connectivity index (χ1n) is 6.19. The molecular formula is C15H10Cl2N2OS. The number of benzene rings is 2. The van der Waals surface area contributed by atoms with E-state index in [1.165, 1.54) is 11.8 Å². The first-order chi connectivity index (χ1) is 10.1. The number of carbonyl (C=O) groups is 1. The maximum atomic E-state index is 12.1. The van der Waals surface area contributed by atoms with Crippen molar-refractivity contribution in [3.8, 4) is 0 Å². The summed E-state index contributed by atoms with van der Waals surface area (Å²) < 4.78 is 0. The molecule has 0 bridgehead atoms. The number of halogens is 2. The highest BCUT2D eigenvalue weighted by Crippen LogP contribution is 2.30. The zero-order valence-corrected chi connectivity index (χ0v) is 13.1. The molecule has 3 rings (SSSR count). The Bertz CT molecular complexity index is 699. The number of anilines is 1. The minimum Gasteiger partial charge on any atom is -0.273 e. The number of carbonyl (C=O) groups excluding carboxylic acids is 1. The van der Waals surface area contributed by atoms with Crippen LogP contribution in [0.1, 0.15) is 0 Å². The Hall–Kier alpha value is -1.49. The van der Waals surface area contributed by atoms with E-state index in [1.54, 1.807) is 29.2 Å². The molecule has 0 saturated carbocycles. The van der Waals surface area contributed by atoms with E-state index in [4.69, 9.17) is 23.2 Å². The SMILES string of the molecule is O=C1CSC(=Nc2ccc(Cl)cc2)N1c1ccc(Cl)cc1.